The van der Waals surface area contributed by atoms with E-state index in [-0.39, 0.29) is 6.61 Å². The minimum Gasteiger partial charge on any atom is -0.303 e. The van der Waals surface area contributed by atoms with Crippen molar-refractivity contribution in [2.75, 3.05) is 6.61 Å². The molecular weight excluding hydrogens is 311 g/mol. The van der Waals surface area contributed by atoms with Gasteiger partial charge in [0.05, 0.1) is 6.61 Å². The Balaban J connectivity index is 3.99. The second kappa shape index (κ2) is 12.5. The standard InChI is InChI=1S/C18H31O4P/c1-5-6-9-16(2)10-7-11-17(3)12-8-13-18(4)14-15-22-23(19,20)21/h5,10,12,14H,1,6-9,11,13,15H2,2-4H3,(H2,19,20,21)/b16-10+,17-12-,18-14-. The lowest BCUT2D eigenvalue weighted by Gasteiger charge is -2.04. The molecule has 0 heterocycles. The Morgan fingerprint density at radius 3 is 1.78 bits per heavy atom. The Labute approximate surface area is 140 Å². The molecular formula is C18H31O4P. The summed E-state index contributed by atoms with van der Waals surface area (Å²) in [5, 5.41) is 0. The molecule has 0 amide bonds. The molecule has 5 heteroatoms. The maximum atomic E-state index is 10.5. The van der Waals surface area contributed by atoms with Gasteiger partial charge in [-0.1, -0.05) is 41.0 Å². The average Bonchev–Trinajstić information content (AvgIpc) is 2.43. The molecule has 2 N–H and O–H groups in total. The highest BCUT2D eigenvalue weighted by Crippen LogP contribution is 2.35. The van der Waals surface area contributed by atoms with Crippen LogP contribution in [0.1, 0.15) is 59.3 Å². The van der Waals surface area contributed by atoms with Gasteiger partial charge in [-0.3, -0.25) is 4.52 Å². The van der Waals surface area contributed by atoms with Crippen LogP contribution < -0.4 is 0 Å². The molecule has 0 saturated carbocycles. The maximum absolute atomic E-state index is 10.5. The lowest BCUT2D eigenvalue weighted by molar-refractivity contribution is 0.215. The summed E-state index contributed by atoms with van der Waals surface area (Å²) in [5.41, 5.74) is 3.86. The van der Waals surface area contributed by atoms with Gasteiger partial charge in [0.1, 0.15) is 0 Å². The lowest BCUT2D eigenvalue weighted by Crippen LogP contribution is -1.89. The van der Waals surface area contributed by atoms with Gasteiger partial charge in [0, 0.05) is 0 Å². The summed E-state index contributed by atoms with van der Waals surface area (Å²) < 4.78 is 14.9. The van der Waals surface area contributed by atoms with Crippen LogP contribution in [0.2, 0.25) is 0 Å². The Kier molecular flexibility index (Phi) is 12.0. The van der Waals surface area contributed by atoms with E-state index in [1.165, 1.54) is 11.1 Å². The summed E-state index contributed by atoms with van der Waals surface area (Å²) in [6.45, 7) is 9.93. The van der Waals surface area contributed by atoms with Crippen molar-refractivity contribution in [3.05, 3.63) is 47.6 Å². The van der Waals surface area contributed by atoms with Crippen LogP contribution in [0.4, 0.5) is 0 Å². The number of rotatable bonds is 12. The van der Waals surface area contributed by atoms with E-state index in [9.17, 15) is 4.57 Å². The number of phosphoric acid groups is 1. The molecule has 0 bridgehead atoms. The molecule has 4 nitrogen and oxygen atoms in total. The van der Waals surface area contributed by atoms with Crippen molar-refractivity contribution in [3.8, 4) is 0 Å². The van der Waals surface area contributed by atoms with Gasteiger partial charge in [0.15, 0.2) is 0 Å². The van der Waals surface area contributed by atoms with Crippen molar-refractivity contribution < 1.29 is 18.9 Å². The first-order valence-electron chi connectivity index (χ1n) is 8.02. The van der Waals surface area contributed by atoms with Crippen LogP contribution in [0.25, 0.3) is 0 Å². The van der Waals surface area contributed by atoms with Crippen LogP contribution in [-0.4, -0.2) is 16.4 Å². The Bertz CT molecular complexity index is 483. The molecule has 0 atom stereocenters. The highest BCUT2D eigenvalue weighted by atomic mass is 31.2. The van der Waals surface area contributed by atoms with Crippen molar-refractivity contribution in [2.45, 2.75) is 59.3 Å². The van der Waals surface area contributed by atoms with Crippen LogP contribution in [0.5, 0.6) is 0 Å². The number of hydrogen-bond donors (Lipinski definition) is 2. The normalized spacial score (nSPS) is 14.2. The fourth-order valence-electron chi connectivity index (χ4n) is 2.01. The van der Waals surface area contributed by atoms with Crippen molar-refractivity contribution in [2.24, 2.45) is 0 Å². The molecule has 0 aliphatic heterocycles. The predicted octanol–water partition coefficient (Wildman–Crippen LogP) is 5.46. The van der Waals surface area contributed by atoms with E-state index in [2.05, 4.69) is 37.1 Å². The topological polar surface area (TPSA) is 66.8 Å². The van der Waals surface area contributed by atoms with E-state index in [4.69, 9.17) is 9.79 Å². The smallest absolute Gasteiger partial charge is 0.303 e. The average molecular weight is 342 g/mol. The molecule has 0 rings (SSSR count). The van der Waals surface area contributed by atoms with E-state index in [1.54, 1.807) is 6.08 Å². The largest absolute Gasteiger partial charge is 0.469 e. The monoisotopic (exact) mass is 342 g/mol. The van der Waals surface area contributed by atoms with Crippen molar-refractivity contribution >= 4 is 7.82 Å². The van der Waals surface area contributed by atoms with Gasteiger partial charge >= 0.3 is 7.82 Å². The molecule has 0 aliphatic rings. The van der Waals surface area contributed by atoms with Gasteiger partial charge < -0.3 is 9.79 Å². The molecule has 0 aliphatic carbocycles. The summed E-state index contributed by atoms with van der Waals surface area (Å²) in [6, 6.07) is 0. The first-order chi connectivity index (χ1) is 10.7. The second-order valence-electron chi connectivity index (χ2n) is 5.84. The second-order valence-corrected chi connectivity index (χ2v) is 7.08. The number of hydrogen-bond acceptors (Lipinski definition) is 2. The fourth-order valence-corrected chi connectivity index (χ4v) is 2.27. The first-order valence-corrected chi connectivity index (χ1v) is 9.55. The SMILES string of the molecule is C=CCC/C(C)=C/CC/C(C)=C\CC/C(C)=C\COP(=O)(O)O. The quantitative estimate of drug-likeness (QED) is 0.365. The number of allylic oxidation sites excluding steroid dienone is 6. The molecule has 0 aromatic rings. The van der Waals surface area contributed by atoms with Gasteiger partial charge in [0.2, 0.25) is 0 Å². The highest BCUT2D eigenvalue weighted by molar-refractivity contribution is 7.46. The van der Waals surface area contributed by atoms with Crippen LogP contribution in [0.15, 0.2) is 47.6 Å². The van der Waals surface area contributed by atoms with Crippen LogP contribution >= 0.6 is 7.82 Å². The highest BCUT2D eigenvalue weighted by Gasteiger charge is 2.11. The summed E-state index contributed by atoms with van der Waals surface area (Å²) in [7, 11) is -4.36. The summed E-state index contributed by atoms with van der Waals surface area (Å²) in [6.07, 6.45) is 14.3. The zero-order chi connectivity index (χ0) is 17.7. The van der Waals surface area contributed by atoms with E-state index in [0.29, 0.717) is 0 Å². The van der Waals surface area contributed by atoms with E-state index >= 15 is 0 Å². The van der Waals surface area contributed by atoms with E-state index < -0.39 is 7.82 Å². The first kappa shape index (κ1) is 22.1. The lowest BCUT2D eigenvalue weighted by atomic mass is 10.1. The van der Waals surface area contributed by atoms with Crippen LogP contribution in [0.3, 0.4) is 0 Å². The van der Waals surface area contributed by atoms with Gasteiger partial charge in [-0.2, -0.15) is 0 Å². The van der Waals surface area contributed by atoms with Crippen molar-refractivity contribution in [1.29, 1.82) is 0 Å². The Hall–Kier alpha value is -0.930. The third-order valence-electron chi connectivity index (χ3n) is 3.48. The van der Waals surface area contributed by atoms with E-state index in [1.807, 2.05) is 13.0 Å². The third-order valence-corrected chi connectivity index (χ3v) is 3.97. The molecule has 0 fully saturated rings. The van der Waals surface area contributed by atoms with Crippen LogP contribution in [-0.2, 0) is 9.09 Å². The zero-order valence-corrected chi connectivity index (χ0v) is 15.5. The van der Waals surface area contributed by atoms with Crippen molar-refractivity contribution in [3.63, 3.8) is 0 Å². The summed E-state index contributed by atoms with van der Waals surface area (Å²) >= 11 is 0. The summed E-state index contributed by atoms with van der Waals surface area (Å²) in [5.74, 6) is 0. The third kappa shape index (κ3) is 15.7. The Morgan fingerprint density at radius 1 is 0.913 bits per heavy atom. The minimum absolute atomic E-state index is 0.0480. The number of phosphoric ester groups is 1. The van der Waals surface area contributed by atoms with Gasteiger partial charge in [-0.25, -0.2) is 4.57 Å². The maximum Gasteiger partial charge on any atom is 0.469 e. The molecule has 0 aromatic carbocycles. The molecule has 23 heavy (non-hydrogen) atoms. The fraction of sp³-hybridized carbons (Fsp3) is 0.556. The minimum atomic E-state index is -4.36. The molecule has 0 aromatic heterocycles. The Morgan fingerprint density at radius 2 is 1.35 bits per heavy atom. The molecule has 0 unspecified atom stereocenters. The summed E-state index contributed by atoms with van der Waals surface area (Å²) in [4.78, 5) is 17.2. The zero-order valence-electron chi connectivity index (χ0n) is 14.6. The molecule has 0 spiro atoms. The van der Waals surface area contributed by atoms with Gasteiger partial charge in [0.25, 0.3) is 0 Å². The van der Waals surface area contributed by atoms with Gasteiger partial charge in [-0.05, 0) is 59.3 Å². The van der Waals surface area contributed by atoms with Gasteiger partial charge in [-0.15, -0.1) is 6.58 Å². The molecule has 0 saturated heterocycles. The molecule has 0 radical (unpaired) electrons. The van der Waals surface area contributed by atoms with Crippen molar-refractivity contribution in [1.82, 2.24) is 0 Å². The predicted molar refractivity (Wildman–Crippen MR) is 97.2 cm³/mol. The van der Waals surface area contributed by atoms with Crippen LogP contribution in [0, 0.1) is 0 Å². The molecule has 132 valence electrons. The van der Waals surface area contributed by atoms with E-state index in [0.717, 1.165) is 44.1 Å².